The van der Waals surface area contributed by atoms with E-state index in [9.17, 15) is 9.59 Å². The summed E-state index contributed by atoms with van der Waals surface area (Å²) in [6.07, 6.45) is 6.11. The number of benzene rings is 2. The average Bonchev–Trinajstić information content (AvgIpc) is 3.31. The lowest BCUT2D eigenvalue weighted by Crippen LogP contribution is -2.22. The van der Waals surface area contributed by atoms with Crippen molar-refractivity contribution in [1.82, 2.24) is 10.2 Å². The molecule has 1 saturated heterocycles. The fourth-order valence-corrected chi connectivity index (χ4v) is 3.92. The zero-order valence-electron chi connectivity index (χ0n) is 18.6. The Kier molecular flexibility index (Phi) is 9.10. The minimum atomic E-state index is 0.0719. The molecule has 0 aliphatic carbocycles. The van der Waals surface area contributed by atoms with Crippen LogP contribution in [0.5, 0.6) is 5.75 Å². The van der Waals surface area contributed by atoms with Gasteiger partial charge < -0.3 is 10.1 Å². The zero-order valence-corrected chi connectivity index (χ0v) is 18.6. The smallest absolute Gasteiger partial charge is 0.220 e. The molecule has 1 amide bonds. The number of nitrogens with one attached hydrogen (secondary N) is 1. The van der Waals surface area contributed by atoms with Crippen molar-refractivity contribution in [3.63, 3.8) is 0 Å². The van der Waals surface area contributed by atoms with Crippen LogP contribution >= 0.6 is 0 Å². The number of Topliss-reactive ketones (excluding diaryl/α,β-unsaturated/α-hetero) is 1. The van der Waals surface area contributed by atoms with E-state index in [1.807, 2.05) is 0 Å². The summed E-state index contributed by atoms with van der Waals surface area (Å²) >= 11 is 0. The molecule has 2 aromatic rings. The summed E-state index contributed by atoms with van der Waals surface area (Å²) in [6.45, 7) is 3.99. The highest BCUT2D eigenvalue weighted by Crippen LogP contribution is 2.15. The van der Waals surface area contributed by atoms with Crippen LogP contribution in [-0.2, 0) is 17.9 Å². The number of amides is 1. The van der Waals surface area contributed by atoms with Gasteiger partial charge in [-0.25, -0.2) is 0 Å². The maximum absolute atomic E-state index is 12.2. The molecule has 31 heavy (non-hydrogen) atoms. The molecule has 0 saturated carbocycles. The van der Waals surface area contributed by atoms with Gasteiger partial charge in [-0.05, 0) is 74.2 Å². The van der Waals surface area contributed by atoms with Gasteiger partial charge in [-0.15, -0.1) is 0 Å². The highest BCUT2D eigenvalue weighted by Gasteiger charge is 2.11. The molecule has 2 aromatic carbocycles. The van der Waals surface area contributed by atoms with E-state index in [1.54, 1.807) is 31.4 Å². The summed E-state index contributed by atoms with van der Waals surface area (Å²) < 4.78 is 5.11. The Bertz CT molecular complexity index is 825. The molecule has 5 nitrogen and oxygen atoms in total. The molecular weight excluding hydrogens is 388 g/mol. The Balaban J connectivity index is 1.26. The SMILES string of the molecule is COc1ccc(C(=O)CCCCCC(=O)NCc2ccc(CN3CCCC3)cc2)cc1. The van der Waals surface area contributed by atoms with Crippen molar-refractivity contribution < 1.29 is 14.3 Å². The molecule has 5 heteroatoms. The van der Waals surface area contributed by atoms with Gasteiger partial charge in [0.05, 0.1) is 7.11 Å². The Morgan fingerprint density at radius 1 is 0.871 bits per heavy atom. The topological polar surface area (TPSA) is 58.6 Å². The molecule has 0 atom stereocenters. The van der Waals surface area contributed by atoms with Gasteiger partial charge in [0.1, 0.15) is 5.75 Å². The van der Waals surface area contributed by atoms with Crippen molar-refractivity contribution in [1.29, 1.82) is 0 Å². The molecule has 1 N–H and O–H groups in total. The standard InChI is InChI=1S/C26H34N2O3/c1-31-24-15-13-23(14-16-24)25(29)7-3-2-4-8-26(30)27-19-21-9-11-22(12-10-21)20-28-17-5-6-18-28/h9-16H,2-8,17-20H2,1H3,(H,27,30). The molecule has 0 unspecified atom stereocenters. The van der Waals surface area contributed by atoms with Crippen molar-refractivity contribution >= 4 is 11.7 Å². The second-order valence-electron chi connectivity index (χ2n) is 8.29. The third-order valence-electron chi connectivity index (χ3n) is 5.84. The van der Waals surface area contributed by atoms with Gasteiger partial charge in [-0.3, -0.25) is 14.5 Å². The van der Waals surface area contributed by atoms with Gasteiger partial charge in [0, 0.05) is 31.5 Å². The van der Waals surface area contributed by atoms with Gasteiger partial charge >= 0.3 is 0 Å². The third-order valence-corrected chi connectivity index (χ3v) is 5.84. The largest absolute Gasteiger partial charge is 0.497 e. The molecule has 166 valence electrons. The minimum Gasteiger partial charge on any atom is -0.497 e. The van der Waals surface area contributed by atoms with E-state index < -0.39 is 0 Å². The molecule has 1 aliphatic heterocycles. The fourth-order valence-electron chi connectivity index (χ4n) is 3.92. The molecule has 0 spiro atoms. The van der Waals surface area contributed by atoms with Crippen LogP contribution in [-0.4, -0.2) is 36.8 Å². The molecule has 1 aliphatic rings. The lowest BCUT2D eigenvalue weighted by Gasteiger charge is -2.14. The van der Waals surface area contributed by atoms with Crippen molar-refractivity contribution in [2.45, 2.75) is 58.0 Å². The predicted octanol–water partition coefficient (Wildman–Crippen LogP) is 4.74. The van der Waals surface area contributed by atoms with Crippen molar-refractivity contribution in [2.75, 3.05) is 20.2 Å². The third kappa shape index (κ3) is 7.83. The number of carbonyl (C=O) groups excluding carboxylic acids is 2. The summed E-state index contributed by atoms with van der Waals surface area (Å²) in [5, 5.41) is 3.00. The Morgan fingerprint density at radius 3 is 2.19 bits per heavy atom. The highest BCUT2D eigenvalue weighted by atomic mass is 16.5. The van der Waals surface area contributed by atoms with Crippen LogP contribution < -0.4 is 10.1 Å². The summed E-state index contributed by atoms with van der Waals surface area (Å²) in [4.78, 5) is 26.8. The number of likely N-dealkylation sites (tertiary alicyclic amines) is 1. The summed E-state index contributed by atoms with van der Waals surface area (Å²) in [6, 6.07) is 15.8. The number of hydrogen-bond acceptors (Lipinski definition) is 4. The van der Waals surface area contributed by atoms with Gasteiger partial charge in [0.2, 0.25) is 5.91 Å². The summed E-state index contributed by atoms with van der Waals surface area (Å²) in [5.41, 5.74) is 3.18. The highest BCUT2D eigenvalue weighted by molar-refractivity contribution is 5.96. The molecule has 0 bridgehead atoms. The van der Waals surface area contributed by atoms with E-state index >= 15 is 0 Å². The summed E-state index contributed by atoms with van der Waals surface area (Å²) in [5.74, 6) is 0.962. The molecule has 0 radical (unpaired) electrons. The first-order chi connectivity index (χ1) is 15.1. The molecular formula is C26H34N2O3. The van der Waals surface area contributed by atoms with Gasteiger partial charge in [-0.1, -0.05) is 30.7 Å². The lowest BCUT2D eigenvalue weighted by molar-refractivity contribution is -0.121. The van der Waals surface area contributed by atoms with Gasteiger partial charge in [0.25, 0.3) is 0 Å². The molecule has 0 aromatic heterocycles. The van der Waals surface area contributed by atoms with Crippen molar-refractivity contribution in [3.8, 4) is 5.75 Å². The monoisotopic (exact) mass is 422 g/mol. The maximum Gasteiger partial charge on any atom is 0.220 e. The maximum atomic E-state index is 12.2. The van der Waals surface area contributed by atoms with E-state index in [0.717, 1.165) is 37.1 Å². The number of methoxy groups -OCH3 is 1. The number of carbonyl (C=O) groups is 2. The van der Waals surface area contributed by atoms with Gasteiger partial charge in [0.15, 0.2) is 5.78 Å². The Hall–Kier alpha value is -2.66. The van der Waals surface area contributed by atoms with Crippen LogP contribution in [0.4, 0.5) is 0 Å². The lowest BCUT2D eigenvalue weighted by atomic mass is 10.0. The first kappa shape index (κ1) is 23.0. The number of rotatable bonds is 12. The number of unbranched alkanes of at least 4 members (excludes halogenated alkanes) is 2. The predicted molar refractivity (Wildman–Crippen MR) is 123 cm³/mol. The van der Waals surface area contributed by atoms with E-state index in [0.29, 0.717) is 24.9 Å². The number of nitrogens with zero attached hydrogens (tertiary/aromatic N) is 1. The number of ketones is 1. The van der Waals surface area contributed by atoms with Crippen LogP contribution in [0.1, 0.15) is 66.4 Å². The second-order valence-corrected chi connectivity index (χ2v) is 8.29. The van der Waals surface area contributed by atoms with E-state index in [2.05, 4.69) is 34.5 Å². The van der Waals surface area contributed by atoms with Crippen LogP contribution in [0.25, 0.3) is 0 Å². The zero-order chi connectivity index (χ0) is 21.9. The number of ether oxygens (including phenoxy) is 1. The van der Waals surface area contributed by atoms with Crippen molar-refractivity contribution in [2.24, 2.45) is 0 Å². The fraction of sp³-hybridized carbons (Fsp3) is 0.462. The van der Waals surface area contributed by atoms with Crippen LogP contribution in [0, 0.1) is 0 Å². The van der Waals surface area contributed by atoms with E-state index in [4.69, 9.17) is 4.74 Å². The first-order valence-corrected chi connectivity index (χ1v) is 11.4. The first-order valence-electron chi connectivity index (χ1n) is 11.4. The van der Waals surface area contributed by atoms with Gasteiger partial charge in [-0.2, -0.15) is 0 Å². The van der Waals surface area contributed by atoms with Crippen LogP contribution in [0.2, 0.25) is 0 Å². The quantitative estimate of drug-likeness (QED) is 0.396. The second kappa shape index (κ2) is 12.3. The normalized spacial score (nSPS) is 13.8. The Labute approximate surface area is 185 Å². The average molecular weight is 423 g/mol. The van der Waals surface area contributed by atoms with E-state index in [1.165, 1.54) is 31.5 Å². The van der Waals surface area contributed by atoms with Crippen LogP contribution in [0.15, 0.2) is 48.5 Å². The minimum absolute atomic E-state index is 0.0719. The molecule has 1 heterocycles. The Morgan fingerprint density at radius 2 is 1.52 bits per heavy atom. The molecule has 1 fully saturated rings. The van der Waals surface area contributed by atoms with Crippen molar-refractivity contribution in [3.05, 3.63) is 65.2 Å². The number of hydrogen-bond donors (Lipinski definition) is 1. The van der Waals surface area contributed by atoms with E-state index in [-0.39, 0.29) is 11.7 Å². The van der Waals surface area contributed by atoms with Crippen LogP contribution in [0.3, 0.4) is 0 Å². The molecule has 3 rings (SSSR count). The summed E-state index contributed by atoms with van der Waals surface area (Å²) in [7, 11) is 1.61.